The average molecular weight is 416 g/mol. The molecule has 0 saturated carbocycles. The van der Waals surface area contributed by atoms with E-state index in [2.05, 4.69) is 22.9 Å². The maximum atomic E-state index is 11.5. The lowest BCUT2D eigenvalue weighted by atomic mass is 9.99. The molecule has 1 aromatic heterocycles. The lowest BCUT2D eigenvalue weighted by Crippen LogP contribution is -2.27. The fourth-order valence-electron chi connectivity index (χ4n) is 3.55. The summed E-state index contributed by atoms with van der Waals surface area (Å²) in [6.45, 7) is 4.80. The van der Waals surface area contributed by atoms with Crippen LogP contribution in [0, 0.1) is 23.2 Å². The van der Waals surface area contributed by atoms with Gasteiger partial charge in [0.2, 0.25) is 0 Å². The second-order valence-electron chi connectivity index (χ2n) is 7.62. The Bertz CT molecular complexity index is 986. The van der Waals surface area contributed by atoms with Gasteiger partial charge in [0.05, 0.1) is 30.5 Å². The largest absolute Gasteiger partial charge is 0.492 e. The third-order valence-corrected chi connectivity index (χ3v) is 6.23. The van der Waals surface area contributed by atoms with Crippen LogP contribution in [0.4, 0.5) is 0 Å². The van der Waals surface area contributed by atoms with Crippen LogP contribution in [0.3, 0.4) is 0 Å². The first-order chi connectivity index (χ1) is 13.8. The van der Waals surface area contributed by atoms with Crippen LogP contribution in [-0.2, 0) is 9.84 Å². The number of nitrogens with zero attached hydrogens (tertiary/aromatic N) is 3. The molecule has 1 aliphatic rings. The number of likely N-dealkylation sites (tertiary alicyclic amines) is 1. The molecule has 2 aromatic rings. The second kappa shape index (κ2) is 8.91. The van der Waals surface area contributed by atoms with Crippen LogP contribution in [0.15, 0.2) is 47.6 Å². The Morgan fingerprint density at radius 1 is 1.34 bits per heavy atom. The SMILES string of the molecule is C[C@@H]1CN(C[C@@H](O)c2cccc(C#N)c2)C[C@H]1COc1ccc(S(C)(=O)=O)nc1. The Balaban J connectivity index is 1.53. The second-order valence-corrected chi connectivity index (χ2v) is 9.59. The summed E-state index contributed by atoms with van der Waals surface area (Å²) in [5, 5.41) is 19.6. The van der Waals surface area contributed by atoms with Crippen molar-refractivity contribution in [3.8, 4) is 11.8 Å². The van der Waals surface area contributed by atoms with Crippen LogP contribution in [0.1, 0.15) is 24.2 Å². The molecule has 3 atom stereocenters. The third-order valence-electron chi connectivity index (χ3n) is 5.23. The van der Waals surface area contributed by atoms with Gasteiger partial charge in [-0.2, -0.15) is 5.26 Å². The number of β-amino-alcohol motifs (C(OH)–C–C–N with tert-alkyl or cyclic N) is 1. The molecule has 154 valence electrons. The number of pyridine rings is 1. The highest BCUT2D eigenvalue weighted by molar-refractivity contribution is 7.90. The minimum absolute atomic E-state index is 0.0275. The van der Waals surface area contributed by atoms with Gasteiger partial charge in [-0.15, -0.1) is 0 Å². The summed E-state index contributed by atoms with van der Waals surface area (Å²) in [5.41, 5.74) is 1.28. The van der Waals surface area contributed by atoms with Crippen molar-refractivity contribution in [3.05, 3.63) is 53.7 Å². The molecule has 1 saturated heterocycles. The van der Waals surface area contributed by atoms with Crippen molar-refractivity contribution in [1.29, 1.82) is 5.26 Å². The molecule has 1 aliphatic heterocycles. The summed E-state index contributed by atoms with van der Waals surface area (Å²) < 4.78 is 28.8. The predicted octanol–water partition coefficient (Wildman–Crippen LogP) is 2.04. The third kappa shape index (κ3) is 5.54. The maximum Gasteiger partial charge on any atom is 0.192 e. The van der Waals surface area contributed by atoms with E-state index < -0.39 is 15.9 Å². The zero-order valence-corrected chi connectivity index (χ0v) is 17.3. The van der Waals surface area contributed by atoms with Crippen molar-refractivity contribution in [3.63, 3.8) is 0 Å². The smallest absolute Gasteiger partial charge is 0.192 e. The van der Waals surface area contributed by atoms with Gasteiger partial charge in [0.25, 0.3) is 0 Å². The number of ether oxygens (including phenoxy) is 1. The van der Waals surface area contributed by atoms with Crippen LogP contribution in [-0.4, -0.2) is 55.9 Å². The topological polar surface area (TPSA) is 104 Å². The molecular formula is C21H25N3O4S. The van der Waals surface area contributed by atoms with E-state index in [-0.39, 0.29) is 5.03 Å². The number of hydrogen-bond donors (Lipinski definition) is 1. The zero-order chi connectivity index (χ0) is 21.0. The highest BCUT2D eigenvalue weighted by atomic mass is 32.2. The lowest BCUT2D eigenvalue weighted by molar-refractivity contribution is 0.121. The van der Waals surface area contributed by atoms with Crippen LogP contribution in [0.5, 0.6) is 5.75 Å². The van der Waals surface area contributed by atoms with Crippen molar-refractivity contribution < 1.29 is 18.3 Å². The van der Waals surface area contributed by atoms with E-state index in [1.54, 1.807) is 24.3 Å². The fraction of sp³-hybridized carbons (Fsp3) is 0.429. The molecule has 0 unspecified atom stereocenters. The van der Waals surface area contributed by atoms with E-state index in [0.29, 0.717) is 36.3 Å². The normalized spacial score (nSPS) is 20.9. The number of nitriles is 1. The van der Waals surface area contributed by atoms with Crippen molar-refractivity contribution in [2.75, 3.05) is 32.5 Å². The van der Waals surface area contributed by atoms with Gasteiger partial charge >= 0.3 is 0 Å². The molecule has 29 heavy (non-hydrogen) atoms. The van der Waals surface area contributed by atoms with Gasteiger partial charge in [-0.25, -0.2) is 13.4 Å². The van der Waals surface area contributed by atoms with E-state index in [4.69, 9.17) is 10.00 Å². The zero-order valence-electron chi connectivity index (χ0n) is 16.5. The van der Waals surface area contributed by atoms with E-state index in [0.717, 1.165) is 24.9 Å². The molecule has 1 aromatic carbocycles. The van der Waals surface area contributed by atoms with E-state index in [1.165, 1.54) is 12.3 Å². The summed E-state index contributed by atoms with van der Waals surface area (Å²) in [6.07, 6.45) is 1.90. The van der Waals surface area contributed by atoms with E-state index in [9.17, 15) is 13.5 Å². The lowest BCUT2D eigenvalue weighted by Gasteiger charge is -2.20. The molecule has 0 spiro atoms. The molecular weight excluding hydrogens is 390 g/mol. The van der Waals surface area contributed by atoms with Gasteiger partial charge in [-0.1, -0.05) is 19.1 Å². The number of aromatic nitrogens is 1. The molecule has 0 bridgehead atoms. The summed E-state index contributed by atoms with van der Waals surface area (Å²) in [4.78, 5) is 6.14. The molecule has 0 amide bonds. The monoisotopic (exact) mass is 415 g/mol. The van der Waals surface area contributed by atoms with Crippen LogP contribution in [0.2, 0.25) is 0 Å². The minimum atomic E-state index is -3.32. The Labute approximate surface area is 171 Å². The van der Waals surface area contributed by atoms with Gasteiger partial charge in [-0.3, -0.25) is 4.90 Å². The Morgan fingerprint density at radius 2 is 2.14 bits per heavy atom. The summed E-state index contributed by atoms with van der Waals surface area (Å²) in [5.74, 6) is 1.23. The highest BCUT2D eigenvalue weighted by Gasteiger charge is 2.31. The van der Waals surface area contributed by atoms with E-state index >= 15 is 0 Å². The first-order valence-electron chi connectivity index (χ1n) is 9.45. The van der Waals surface area contributed by atoms with Crippen LogP contribution < -0.4 is 4.74 Å². The number of aliphatic hydroxyl groups excluding tert-OH is 1. The number of sulfone groups is 1. The Hall–Kier alpha value is -2.47. The Kier molecular flexibility index (Phi) is 6.52. The van der Waals surface area contributed by atoms with Gasteiger partial charge < -0.3 is 9.84 Å². The quantitative estimate of drug-likeness (QED) is 0.738. The molecule has 8 heteroatoms. The molecule has 0 aliphatic carbocycles. The summed E-state index contributed by atoms with van der Waals surface area (Å²) in [7, 11) is -3.32. The van der Waals surface area contributed by atoms with Gasteiger partial charge in [0, 0.05) is 31.8 Å². The van der Waals surface area contributed by atoms with Crippen molar-refractivity contribution in [1.82, 2.24) is 9.88 Å². The minimum Gasteiger partial charge on any atom is -0.492 e. The molecule has 1 N–H and O–H groups in total. The first-order valence-corrected chi connectivity index (χ1v) is 11.3. The number of hydrogen-bond acceptors (Lipinski definition) is 7. The molecule has 3 rings (SSSR count). The molecule has 7 nitrogen and oxygen atoms in total. The van der Waals surface area contributed by atoms with E-state index in [1.807, 2.05) is 6.07 Å². The summed E-state index contributed by atoms with van der Waals surface area (Å²) >= 11 is 0. The van der Waals surface area contributed by atoms with Crippen molar-refractivity contribution in [2.24, 2.45) is 11.8 Å². The molecule has 1 fully saturated rings. The van der Waals surface area contributed by atoms with Gasteiger partial charge in [0.1, 0.15) is 5.75 Å². The predicted molar refractivity (Wildman–Crippen MR) is 108 cm³/mol. The van der Waals surface area contributed by atoms with Gasteiger partial charge in [-0.05, 0) is 35.7 Å². The number of rotatable bonds is 7. The maximum absolute atomic E-state index is 11.5. The number of aliphatic hydroxyl groups is 1. The first kappa shape index (κ1) is 21.2. The van der Waals surface area contributed by atoms with Crippen LogP contribution in [0.25, 0.3) is 0 Å². The Morgan fingerprint density at radius 3 is 2.79 bits per heavy atom. The van der Waals surface area contributed by atoms with Crippen molar-refractivity contribution >= 4 is 9.84 Å². The van der Waals surface area contributed by atoms with Crippen molar-refractivity contribution in [2.45, 2.75) is 18.1 Å². The van der Waals surface area contributed by atoms with Crippen LogP contribution >= 0.6 is 0 Å². The molecule has 0 radical (unpaired) electrons. The molecule has 2 heterocycles. The average Bonchev–Trinajstić information content (AvgIpc) is 3.05. The standard InChI is InChI=1S/C21H25N3O4S/c1-15-11-24(13-20(25)17-5-3-4-16(8-17)9-22)12-18(15)14-28-19-6-7-21(23-10-19)29(2,26)27/h3-8,10,15,18,20,25H,11-14H2,1-2H3/t15-,18+,20-/m1/s1. The summed E-state index contributed by atoms with van der Waals surface area (Å²) in [6, 6.07) is 12.2. The highest BCUT2D eigenvalue weighted by Crippen LogP contribution is 2.26. The van der Waals surface area contributed by atoms with Gasteiger partial charge in [0.15, 0.2) is 14.9 Å². The fourth-order valence-corrected chi connectivity index (χ4v) is 4.11. The number of benzene rings is 1.